The molecule has 2 aromatic rings. The summed E-state index contributed by atoms with van der Waals surface area (Å²) in [5.74, 6) is -0.172. The lowest BCUT2D eigenvalue weighted by Crippen LogP contribution is -2.17. The van der Waals surface area contributed by atoms with E-state index < -0.39 is 12.1 Å². The van der Waals surface area contributed by atoms with Gasteiger partial charge in [0.2, 0.25) is 0 Å². The summed E-state index contributed by atoms with van der Waals surface area (Å²) in [6, 6.07) is 8.85. The molecule has 25 heavy (non-hydrogen) atoms. The summed E-state index contributed by atoms with van der Waals surface area (Å²) < 4.78 is 45.9. The molecule has 0 aliphatic rings. The van der Waals surface area contributed by atoms with Crippen LogP contribution in [0.5, 0.6) is 11.5 Å². The number of hydrogen-bond donors (Lipinski definition) is 0. The first kappa shape index (κ1) is 19.1. The summed E-state index contributed by atoms with van der Waals surface area (Å²) in [7, 11) is 0. The van der Waals surface area contributed by atoms with Gasteiger partial charge in [-0.15, -0.1) is 13.2 Å². The molecule has 0 atom stereocenters. The Morgan fingerprint density at radius 3 is 2.48 bits per heavy atom. The van der Waals surface area contributed by atoms with Crippen LogP contribution in [0.2, 0.25) is 5.02 Å². The Morgan fingerprint density at radius 2 is 1.88 bits per heavy atom. The van der Waals surface area contributed by atoms with Crippen LogP contribution in [0.3, 0.4) is 0 Å². The number of carbonyl (C=O) groups is 1. The highest BCUT2D eigenvalue weighted by atomic mass is 35.5. The largest absolute Gasteiger partial charge is 0.573 e. The summed E-state index contributed by atoms with van der Waals surface area (Å²) in [6.07, 6.45) is -4.38. The number of Topliss-reactive ketones (excluding diaryl/α,β-unsaturated/α-hetero) is 1. The zero-order valence-corrected chi connectivity index (χ0v) is 14.4. The van der Waals surface area contributed by atoms with Gasteiger partial charge in [-0.25, -0.2) is 0 Å². The quantitative estimate of drug-likeness (QED) is 0.608. The van der Waals surface area contributed by atoms with Gasteiger partial charge in [-0.05, 0) is 36.8 Å². The summed E-state index contributed by atoms with van der Waals surface area (Å²) in [6.45, 7) is 3.78. The number of ether oxygens (including phenoxy) is 2. The number of alkyl halides is 3. The first-order chi connectivity index (χ1) is 11.7. The van der Waals surface area contributed by atoms with E-state index in [9.17, 15) is 18.0 Å². The van der Waals surface area contributed by atoms with Crippen LogP contribution >= 0.6 is 11.6 Å². The van der Waals surface area contributed by atoms with Crippen LogP contribution in [-0.2, 0) is 6.61 Å². The Bertz CT molecular complexity index is 773. The molecule has 0 saturated heterocycles. The summed E-state index contributed by atoms with van der Waals surface area (Å²) in [5.41, 5.74) is 2.28. The third kappa shape index (κ3) is 5.67. The summed E-state index contributed by atoms with van der Waals surface area (Å²) >= 11 is 5.93. The van der Waals surface area contributed by atoms with Gasteiger partial charge >= 0.3 is 6.36 Å². The zero-order chi connectivity index (χ0) is 18.6. The van der Waals surface area contributed by atoms with Crippen molar-refractivity contribution in [1.29, 1.82) is 0 Å². The molecule has 3 nitrogen and oxygen atoms in total. The van der Waals surface area contributed by atoms with Gasteiger partial charge in [0.25, 0.3) is 0 Å². The van der Waals surface area contributed by atoms with Crippen molar-refractivity contribution >= 4 is 17.4 Å². The topological polar surface area (TPSA) is 35.5 Å². The van der Waals surface area contributed by atoms with Crippen molar-refractivity contribution < 1.29 is 27.4 Å². The molecule has 0 bridgehead atoms. The Labute approximate surface area is 148 Å². The van der Waals surface area contributed by atoms with Gasteiger partial charge in [-0.2, -0.15) is 0 Å². The molecule has 0 radical (unpaired) electrons. The molecule has 0 fully saturated rings. The number of carbonyl (C=O) groups excluding carboxylic acids is 1. The van der Waals surface area contributed by atoms with Crippen LogP contribution in [0.1, 0.15) is 34.8 Å². The number of benzene rings is 2. The average Bonchev–Trinajstić information content (AvgIpc) is 2.51. The van der Waals surface area contributed by atoms with Gasteiger partial charge in [-0.3, -0.25) is 4.79 Å². The Morgan fingerprint density at radius 1 is 1.16 bits per heavy atom. The fourth-order valence-corrected chi connectivity index (χ4v) is 2.49. The minimum absolute atomic E-state index is 0.000684. The highest BCUT2D eigenvalue weighted by Crippen LogP contribution is 2.32. The van der Waals surface area contributed by atoms with Crippen molar-refractivity contribution in [3.05, 3.63) is 58.1 Å². The minimum Gasteiger partial charge on any atom is -0.487 e. The minimum atomic E-state index is -4.78. The smallest absolute Gasteiger partial charge is 0.487 e. The van der Waals surface area contributed by atoms with Gasteiger partial charge in [0.15, 0.2) is 5.78 Å². The van der Waals surface area contributed by atoms with Crippen LogP contribution < -0.4 is 9.47 Å². The van der Waals surface area contributed by atoms with Crippen LogP contribution in [0, 0.1) is 6.92 Å². The van der Waals surface area contributed by atoms with E-state index in [2.05, 4.69) is 4.74 Å². The highest BCUT2D eigenvalue weighted by Gasteiger charge is 2.31. The molecular weight excluding hydrogens is 357 g/mol. The maximum Gasteiger partial charge on any atom is 0.573 e. The summed E-state index contributed by atoms with van der Waals surface area (Å²) in [4.78, 5) is 11.8. The number of aryl methyl sites for hydroxylation is 1. The fraction of sp³-hybridized carbons (Fsp3) is 0.278. The van der Waals surface area contributed by atoms with Gasteiger partial charge in [0, 0.05) is 18.1 Å². The zero-order valence-electron chi connectivity index (χ0n) is 13.6. The number of hydrogen-bond acceptors (Lipinski definition) is 3. The Kier molecular flexibility index (Phi) is 5.95. The van der Waals surface area contributed by atoms with E-state index in [1.54, 1.807) is 19.1 Å². The van der Waals surface area contributed by atoms with E-state index >= 15 is 0 Å². The molecule has 0 heterocycles. The number of rotatable bonds is 6. The van der Waals surface area contributed by atoms with Crippen LogP contribution in [0.4, 0.5) is 13.2 Å². The van der Waals surface area contributed by atoms with Crippen molar-refractivity contribution in [2.45, 2.75) is 33.2 Å². The van der Waals surface area contributed by atoms with Crippen LogP contribution in [-0.4, -0.2) is 12.1 Å². The normalized spacial score (nSPS) is 11.3. The predicted octanol–water partition coefficient (Wildman–Crippen LogP) is 5.72. The molecule has 0 spiro atoms. The van der Waals surface area contributed by atoms with Crippen molar-refractivity contribution in [3.63, 3.8) is 0 Å². The van der Waals surface area contributed by atoms with E-state index in [0.29, 0.717) is 12.0 Å². The van der Waals surface area contributed by atoms with E-state index in [4.69, 9.17) is 16.3 Å². The molecule has 7 heteroatoms. The first-order valence-electron chi connectivity index (χ1n) is 7.50. The van der Waals surface area contributed by atoms with Gasteiger partial charge in [0.05, 0.1) is 5.02 Å². The Hall–Kier alpha value is -2.21. The molecule has 2 rings (SSSR count). The molecule has 134 valence electrons. The molecule has 0 N–H and O–H groups in total. The molecule has 0 amide bonds. The maximum atomic E-state index is 12.2. The van der Waals surface area contributed by atoms with Crippen molar-refractivity contribution in [3.8, 4) is 11.5 Å². The lowest BCUT2D eigenvalue weighted by Gasteiger charge is -2.12. The van der Waals surface area contributed by atoms with Crippen molar-refractivity contribution in [2.75, 3.05) is 0 Å². The van der Waals surface area contributed by atoms with Gasteiger partial charge < -0.3 is 9.47 Å². The van der Waals surface area contributed by atoms with Crippen LogP contribution in [0.25, 0.3) is 0 Å². The highest BCUT2D eigenvalue weighted by molar-refractivity contribution is 6.32. The summed E-state index contributed by atoms with van der Waals surface area (Å²) in [5, 5.41) is -0.000684. The van der Waals surface area contributed by atoms with E-state index in [-0.39, 0.29) is 23.2 Å². The number of halogens is 4. The molecule has 0 saturated carbocycles. The third-order valence-electron chi connectivity index (χ3n) is 3.31. The first-order valence-corrected chi connectivity index (χ1v) is 7.87. The predicted molar refractivity (Wildman–Crippen MR) is 88.3 cm³/mol. The second kappa shape index (κ2) is 7.78. The van der Waals surface area contributed by atoms with E-state index in [1.807, 2.05) is 13.0 Å². The Balaban J connectivity index is 2.11. The molecule has 0 unspecified atom stereocenters. The van der Waals surface area contributed by atoms with Crippen molar-refractivity contribution in [2.24, 2.45) is 0 Å². The maximum absolute atomic E-state index is 12.2. The molecule has 0 aliphatic carbocycles. The fourth-order valence-electron chi connectivity index (χ4n) is 2.27. The van der Waals surface area contributed by atoms with E-state index in [0.717, 1.165) is 23.3 Å². The molecule has 0 aromatic heterocycles. The molecule has 0 aliphatic heterocycles. The third-order valence-corrected chi connectivity index (χ3v) is 3.61. The molecule has 2 aromatic carbocycles. The average molecular weight is 373 g/mol. The monoisotopic (exact) mass is 372 g/mol. The van der Waals surface area contributed by atoms with Gasteiger partial charge in [-0.1, -0.05) is 30.2 Å². The van der Waals surface area contributed by atoms with E-state index in [1.165, 1.54) is 6.07 Å². The number of ketones is 1. The van der Waals surface area contributed by atoms with Gasteiger partial charge in [0.1, 0.15) is 18.1 Å². The second-order valence-corrected chi connectivity index (χ2v) is 5.82. The van der Waals surface area contributed by atoms with Crippen LogP contribution in [0.15, 0.2) is 36.4 Å². The molecular formula is C18H16ClF3O3. The lowest BCUT2D eigenvalue weighted by molar-refractivity contribution is -0.274. The lowest BCUT2D eigenvalue weighted by atomic mass is 10.0. The van der Waals surface area contributed by atoms with Crippen molar-refractivity contribution in [1.82, 2.24) is 0 Å². The SMILES string of the molecule is CCC(=O)c1cc(C)cc(COc2ccc(OC(F)(F)F)cc2Cl)c1. The standard InChI is InChI=1S/C18H16ClF3O3/c1-3-16(23)13-7-11(2)6-12(8-13)10-24-17-5-4-14(9-15(17)19)25-18(20,21)22/h4-9H,3,10H2,1-2H3. The second-order valence-electron chi connectivity index (χ2n) is 5.41.